The number of carbonyl (C=O) groups excluding carboxylic acids is 1. The van der Waals surface area contributed by atoms with E-state index in [2.05, 4.69) is 39.3 Å². The fraction of sp³-hybridized carbons (Fsp3) is 0.400. The number of piperidine rings is 1. The second kappa shape index (κ2) is 14.8. The standard InChI is InChI=1S/C35H39F3N6O2/c1-4-25(20-30(39-3)23(2)46-29-7-5-6-24(8-13-29)16-19-45)31-32-34(41-22-40-31)43-33(42-32)28-11-9-26(10-12-28)27-14-17-44(18-15-27)21-35(36,37)38/h4,6,9-12,19-20,22,27,29H,2-3,5,7-8,13-18,21H2,1H3,(H,40,41,42,43)/b25-4+,30-20+. The van der Waals surface area contributed by atoms with Crippen molar-refractivity contribution in [3.05, 3.63) is 83.7 Å². The van der Waals surface area contributed by atoms with Crippen LogP contribution in [0.25, 0.3) is 28.1 Å². The van der Waals surface area contributed by atoms with Crippen LogP contribution < -0.4 is 0 Å². The van der Waals surface area contributed by atoms with Gasteiger partial charge in [0.2, 0.25) is 0 Å². The number of aromatic amines is 1. The van der Waals surface area contributed by atoms with Crippen LogP contribution in [0.5, 0.6) is 0 Å². The summed E-state index contributed by atoms with van der Waals surface area (Å²) in [5.74, 6) is 1.27. The number of H-pyrrole nitrogens is 1. The van der Waals surface area contributed by atoms with E-state index in [0.29, 0.717) is 66.5 Å². The number of alkyl halides is 3. The predicted octanol–water partition coefficient (Wildman–Crippen LogP) is 7.74. The monoisotopic (exact) mass is 632 g/mol. The first-order valence-electron chi connectivity index (χ1n) is 15.6. The quantitative estimate of drug-likeness (QED) is 0.0764. The SMILES string of the molecule is C=N/C(=C/C(=C\C)c1ncnc2nc(-c3ccc(C4CCN(CC(F)(F)F)CC4)cc3)[nH]c12)C(=C)OC1CCC=C(CC=O)CC1. The van der Waals surface area contributed by atoms with E-state index in [9.17, 15) is 18.0 Å². The molecule has 0 bridgehead atoms. The van der Waals surface area contributed by atoms with Gasteiger partial charge in [-0.3, -0.25) is 9.89 Å². The number of benzene rings is 1. The molecular weight excluding hydrogens is 593 g/mol. The van der Waals surface area contributed by atoms with E-state index in [1.54, 1.807) is 0 Å². The van der Waals surface area contributed by atoms with Crippen LogP contribution in [-0.2, 0) is 9.53 Å². The zero-order chi connectivity index (χ0) is 32.7. The molecule has 0 radical (unpaired) electrons. The van der Waals surface area contributed by atoms with Gasteiger partial charge >= 0.3 is 6.18 Å². The highest BCUT2D eigenvalue weighted by Crippen LogP contribution is 2.32. The Morgan fingerprint density at radius 3 is 2.59 bits per heavy atom. The van der Waals surface area contributed by atoms with Gasteiger partial charge in [-0.25, -0.2) is 15.0 Å². The van der Waals surface area contributed by atoms with Crippen molar-refractivity contribution in [1.29, 1.82) is 0 Å². The van der Waals surface area contributed by atoms with Crippen LogP contribution in [0, 0.1) is 0 Å². The molecule has 1 unspecified atom stereocenters. The van der Waals surface area contributed by atoms with Crippen LogP contribution in [0.4, 0.5) is 13.2 Å². The smallest absolute Gasteiger partial charge is 0.401 e. The van der Waals surface area contributed by atoms with Crippen LogP contribution in [-0.4, -0.2) is 69.8 Å². The van der Waals surface area contributed by atoms with Gasteiger partial charge < -0.3 is 14.5 Å². The average Bonchev–Trinajstić information content (AvgIpc) is 3.37. The molecule has 46 heavy (non-hydrogen) atoms. The zero-order valence-electron chi connectivity index (χ0n) is 26.0. The summed E-state index contributed by atoms with van der Waals surface area (Å²) in [6.45, 7) is 9.78. The Hall–Kier alpha value is -4.38. The molecule has 5 rings (SSSR count). The summed E-state index contributed by atoms with van der Waals surface area (Å²) in [6, 6.07) is 8.01. The molecule has 1 N–H and O–H groups in total. The molecule has 1 aromatic carbocycles. The highest BCUT2D eigenvalue weighted by atomic mass is 19.4. The molecule has 11 heteroatoms. The highest BCUT2D eigenvalue weighted by Gasteiger charge is 2.32. The van der Waals surface area contributed by atoms with Gasteiger partial charge in [0.25, 0.3) is 0 Å². The number of imidazole rings is 1. The van der Waals surface area contributed by atoms with Gasteiger partial charge in [0.05, 0.1) is 18.3 Å². The number of carbonyl (C=O) groups is 1. The lowest BCUT2D eigenvalue weighted by Crippen LogP contribution is -2.39. The van der Waals surface area contributed by atoms with Gasteiger partial charge in [0, 0.05) is 17.6 Å². The second-order valence-corrected chi connectivity index (χ2v) is 11.7. The summed E-state index contributed by atoms with van der Waals surface area (Å²) in [4.78, 5) is 33.6. The maximum atomic E-state index is 12.8. The first-order chi connectivity index (χ1) is 22.2. The number of aromatic nitrogens is 4. The largest absolute Gasteiger partial charge is 0.489 e. The van der Waals surface area contributed by atoms with Gasteiger partial charge in [0.15, 0.2) is 5.65 Å². The minimum atomic E-state index is -4.17. The molecule has 8 nitrogen and oxygen atoms in total. The average molecular weight is 633 g/mol. The molecule has 0 amide bonds. The maximum absolute atomic E-state index is 12.8. The van der Waals surface area contributed by atoms with Gasteiger partial charge in [-0.15, -0.1) is 0 Å². The number of nitrogens with one attached hydrogen (secondary N) is 1. The third kappa shape index (κ3) is 8.25. The molecule has 2 aromatic heterocycles. The van der Waals surface area contributed by atoms with Crippen molar-refractivity contribution in [3.8, 4) is 11.4 Å². The Balaban J connectivity index is 1.29. The van der Waals surface area contributed by atoms with Crippen molar-refractivity contribution < 1.29 is 22.7 Å². The Kier molecular flexibility index (Phi) is 10.6. The van der Waals surface area contributed by atoms with Gasteiger partial charge in [-0.2, -0.15) is 13.2 Å². The molecule has 1 fully saturated rings. The van der Waals surface area contributed by atoms with E-state index in [4.69, 9.17) is 9.72 Å². The first kappa shape index (κ1) is 33.0. The summed E-state index contributed by atoms with van der Waals surface area (Å²) in [7, 11) is 0. The third-order valence-corrected chi connectivity index (χ3v) is 8.63. The van der Waals surface area contributed by atoms with Gasteiger partial charge in [-0.1, -0.05) is 48.6 Å². The Morgan fingerprint density at radius 1 is 1.15 bits per heavy atom. The normalized spacial score (nSPS) is 19.0. The van der Waals surface area contributed by atoms with Crippen LogP contribution in [0.3, 0.4) is 0 Å². The van der Waals surface area contributed by atoms with E-state index in [1.165, 1.54) is 11.2 Å². The van der Waals surface area contributed by atoms with Crippen molar-refractivity contribution in [2.75, 3.05) is 19.6 Å². The molecule has 0 spiro atoms. The number of nitrogens with zero attached hydrogens (tertiary/aromatic N) is 5. The number of allylic oxidation sites excluding steroid dienone is 5. The van der Waals surface area contributed by atoms with E-state index < -0.39 is 12.7 Å². The number of fused-ring (bicyclic) bond motifs is 1. The van der Waals surface area contributed by atoms with E-state index in [1.807, 2.05) is 43.3 Å². The lowest BCUT2D eigenvalue weighted by Gasteiger charge is -2.32. The van der Waals surface area contributed by atoms with Crippen molar-refractivity contribution in [2.45, 2.75) is 70.1 Å². The number of halogens is 3. The molecule has 1 saturated heterocycles. The van der Waals surface area contributed by atoms with Gasteiger partial charge in [0.1, 0.15) is 35.4 Å². The topological polar surface area (TPSA) is 96.4 Å². The molecular formula is C35H39F3N6O2. The molecule has 1 aliphatic carbocycles. The van der Waals surface area contributed by atoms with Crippen molar-refractivity contribution >= 4 is 29.7 Å². The Labute approximate surface area is 266 Å². The van der Waals surface area contributed by atoms with Crippen LogP contribution >= 0.6 is 0 Å². The summed E-state index contributed by atoms with van der Waals surface area (Å²) in [5, 5.41) is 0. The number of aldehydes is 1. The molecule has 0 saturated carbocycles. The van der Waals surface area contributed by atoms with Gasteiger partial charge in [-0.05, 0) is 82.8 Å². The maximum Gasteiger partial charge on any atom is 0.401 e. The van der Waals surface area contributed by atoms with Crippen molar-refractivity contribution in [1.82, 2.24) is 24.8 Å². The number of aliphatic imine (C=N–C) groups is 1. The van der Waals surface area contributed by atoms with E-state index in [0.717, 1.165) is 54.2 Å². The molecule has 3 heterocycles. The fourth-order valence-corrected chi connectivity index (χ4v) is 6.16. The molecule has 242 valence electrons. The Morgan fingerprint density at radius 2 is 1.91 bits per heavy atom. The summed E-state index contributed by atoms with van der Waals surface area (Å²) in [6.07, 6.45) is 9.20. The lowest BCUT2D eigenvalue weighted by atomic mass is 9.89. The van der Waals surface area contributed by atoms with Crippen LogP contribution in [0.1, 0.15) is 69.0 Å². The fourth-order valence-electron chi connectivity index (χ4n) is 6.16. The first-order valence-corrected chi connectivity index (χ1v) is 15.6. The number of ether oxygens (including phenoxy) is 1. The van der Waals surface area contributed by atoms with Crippen molar-refractivity contribution in [3.63, 3.8) is 0 Å². The molecule has 3 aromatic rings. The number of rotatable bonds is 11. The third-order valence-electron chi connectivity index (χ3n) is 8.63. The molecule has 1 atom stereocenters. The summed E-state index contributed by atoms with van der Waals surface area (Å²) >= 11 is 0. The van der Waals surface area contributed by atoms with E-state index in [-0.39, 0.29) is 12.0 Å². The minimum Gasteiger partial charge on any atom is -0.489 e. The Bertz CT molecular complexity index is 1650. The zero-order valence-corrected chi connectivity index (χ0v) is 26.0. The van der Waals surface area contributed by atoms with Crippen LogP contribution in [0.15, 0.2) is 77.4 Å². The summed E-state index contributed by atoms with van der Waals surface area (Å²) < 4.78 is 44.5. The lowest BCUT2D eigenvalue weighted by molar-refractivity contribution is -0.147. The second-order valence-electron chi connectivity index (χ2n) is 11.7. The highest BCUT2D eigenvalue weighted by molar-refractivity contribution is 5.90. The van der Waals surface area contributed by atoms with Crippen molar-refractivity contribution in [2.24, 2.45) is 4.99 Å². The van der Waals surface area contributed by atoms with E-state index >= 15 is 0 Å². The number of hydrogen-bond acceptors (Lipinski definition) is 7. The predicted molar refractivity (Wildman–Crippen MR) is 174 cm³/mol. The number of hydrogen-bond donors (Lipinski definition) is 1. The minimum absolute atomic E-state index is 0.0402. The molecule has 2 aliphatic rings. The van der Waals surface area contributed by atoms with Crippen LogP contribution in [0.2, 0.25) is 0 Å². The molecule has 1 aliphatic heterocycles. The number of likely N-dealkylation sites (tertiary alicyclic amines) is 1. The summed E-state index contributed by atoms with van der Waals surface area (Å²) in [5.41, 5.74) is 6.18.